The molecule has 1 fully saturated rings. The lowest BCUT2D eigenvalue weighted by Gasteiger charge is -2.31. The van der Waals surface area contributed by atoms with Gasteiger partial charge in [0.2, 0.25) is 5.91 Å². The molecule has 1 amide bonds. The van der Waals surface area contributed by atoms with Crippen LogP contribution in [0.2, 0.25) is 0 Å². The van der Waals surface area contributed by atoms with Crippen molar-refractivity contribution < 1.29 is 4.79 Å². The van der Waals surface area contributed by atoms with Crippen LogP contribution in [0.5, 0.6) is 0 Å². The third kappa shape index (κ3) is 3.23. The molecule has 0 aromatic carbocycles. The highest BCUT2D eigenvalue weighted by molar-refractivity contribution is 5.76. The number of aromatic nitrogens is 3. The number of fused-ring (bicyclic) bond motifs is 1. The summed E-state index contributed by atoms with van der Waals surface area (Å²) in [5.41, 5.74) is 5.11. The highest BCUT2D eigenvalue weighted by Gasteiger charge is 2.21. The minimum atomic E-state index is 0.270. The van der Waals surface area contributed by atoms with Gasteiger partial charge in [0.05, 0.1) is 5.69 Å². The topological polar surface area (TPSA) is 50.5 Å². The summed E-state index contributed by atoms with van der Waals surface area (Å²) in [6.45, 7) is 10.1. The van der Waals surface area contributed by atoms with Crippen LogP contribution >= 0.6 is 0 Å². The monoisotopic (exact) mass is 314 g/mol. The zero-order chi connectivity index (χ0) is 16.6. The van der Waals surface area contributed by atoms with Gasteiger partial charge < -0.3 is 4.90 Å². The molecule has 0 spiro atoms. The average Bonchev–Trinajstić information content (AvgIpc) is 2.87. The van der Waals surface area contributed by atoms with E-state index in [4.69, 9.17) is 0 Å². The Morgan fingerprint density at radius 2 is 2.13 bits per heavy atom. The number of amides is 1. The fraction of sp³-hybridized carbons (Fsp3) is 0.611. The second-order valence-corrected chi connectivity index (χ2v) is 6.90. The smallest absolute Gasteiger partial charge is 0.222 e. The van der Waals surface area contributed by atoms with Gasteiger partial charge in [-0.3, -0.25) is 4.79 Å². The quantitative estimate of drug-likeness (QED) is 0.875. The maximum Gasteiger partial charge on any atom is 0.222 e. The van der Waals surface area contributed by atoms with E-state index < -0.39 is 0 Å². The van der Waals surface area contributed by atoms with Crippen LogP contribution < -0.4 is 0 Å². The molecule has 5 heteroatoms. The number of carbonyl (C=O) groups is 1. The maximum absolute atomic E-state index is 12.5. The molecule has 2 aromatic heterocycles. The number of aryl methyl sites for hydroxylation is 3. The first-order valence-corrected chi connectivity index (χ1v) is 8.56. The average molecular weight is 314 g/mol. The van der Waals surface area contributed by atoms with Crippen molar-refractivity contribution in [2.24, 2.45) is 5.92 Å². The van der Waals surface area contributed by atoms with Gasteiger partial charge in [-0.15, -0.1) is 0 Å². The Hall–Kier alpha value is -1.91. The largest absolute Gasteiger partial charge is 0.342 e. The molecule has 1 unspecified atom stereocenters. The summed E-state index contributed by atoms with van der Waals surface area (Å²) in [4.78, 5) is 19.2. The number of hydrogen-bond acceptors (Lipinski definition) is 3. The second-order valence-electron chi connectivity index (χ2n) is 6.90. The van der Waals surface area contributed by atoms with Crippen LogP contribution in [0.4, 0.5) is 0 Å². The molecule has 1 saturated heterocycles. The Bertz CT molecular complexity index is 734. The van der Waals surface area contributed by atoms with E-state index in [1.165, 1.54) is 6.42 Å². The SMILES string of the molecule is Cc1cc2nc(C)c(CCC(=O)N3CCCC(C)C3)c(C)n2n1. The second kappa shape index (κ2) is 6.30. The molecule has 1 atom stereocenters. The third-order valence-corrected chi connectivity index (χ3v) is 4.88. The summed E-state index contributed by atoms with van der Waals surface area (Å²) in [5, 5.41) is 4.50. The van der Waals surface area contributed by atoms with E-state index in [9.17, 15) is 4.79 Å². The lowest BCUT2D eigenvalue weighted by Crippen LogP contribution is -2.39. The molecule has 1 aliphatic rings. The summed E-state index contributed by atoms with van der Waals surface area (Å²) in [7, 11) is 0. The van der Waals surface area contributed by atoms with E-state index in [1.54, 1.807) is 0 Å². The molecule has 0 aliphatic carbocycles. The van der Waals surface area contributed by atoms with E-state index in [-0.39, 0.29) is 5.91 Å². The van der Waals surface area contributed by atoms with Crippen LogP contribution in [0, 0.1) is 26.7 Å². The fourth-order valence-corrected chi connectivity index (χ4v) is 3.61. The van der Waals surface area contributed by atoms with E-state index in [2.05, 4.69) is 23.9 Å². The first-order chi connectivity index (χ1) is 11.0. The van der Waals surface area contributed by atoms with Gasteiger partial charge in [-0.1, -0.05) is 6.92 Å². The van der Waals surface area contributed by atoms with Gasteiger partial charge in [0.15, 0.2) is 5.65 Å². The van der Waals surface area contributed by atoms with Crippen molar-refractivity contribution in [1.29, 1.82) is 0 Å². The van der Waals surface area contributed by atoms with Crippen molar-refractivity contribution in [3.05, 3.63) is 28.7 Å². The standard InChI is InChI=1S/C18H26N4O/c1-12-6-5-9-21(11-12)18(23)8-7-16-14(3)19-17-10-13(2)20-22(17)15(16)4/h10,12H,5-9,11H2,1-4H3. The molecule has 5 nitrogen and oxygen atoms in total. The van der Waals surface area contributed by atoms with Crippen LogP contribution in [0.15, 0.2) is 6.07 Å². The van der Waals surface area contributed by atoms with E-state index in [0.29, 0.717) is 12.3 Å². The van der Waals surface area contributed by atoms with Gasteiger partial charge in [-0.25, -0.2) is 9.50 Å². The molecule has 3 rings (SSSR count). The predicted octanol–water partition coefficient (Wildman–Crippen LogP) is 2.85. The van der Waals surface area contributed by atoms with E-state index in [1.807, 2.05) is 29.3 Å². The summed E-state index contributed by atoms with van der Waals surface area (Å²) in [6.07, 6.45) is 3.66. The lowest BCUT2D eigenvalue weighted by atomic mass is 9.99. The van der Waals surface area contributed by atoms with Gasteiger partial charge >= 0.3 is 0 Å². The van der Waals surface area contributed by atoms with Gasteiger partial charge in [0, 0.05) is 37.0 Å². The zero-order valence-electron chi connectivity index (χ0n) is 14.6. The van der Waals surface area contributed by atoms with Crippen LogP contribution in [0.1, 0.15) is 48.8 Å². The summed E-state index contributed by atoms with van der Waals surface area (Å²) < 4.78 is 1.89. The lowest BCUT2D eigenvalue weighted by molar-refractivity contribution is -0.132. The molecule has 124 valence electrons. The van der Waals surface area contributed by atoms with Gasteiger partial charge in [-0.05, 0) is 51.5 Å². The fourth-order valence-electron chi connectivity index (χ4n) is 3.61. The summed E-state index contributed by atoms with van der Waals surface area (Å²) in [5.74, 6) is 0.897. The Kier molecular flexibility index (Phi) is 4.37. The molecular formula is C18H26N4O. The first-order valence-electron chi connectivity index (χ1n) is 8.56. The minimum Gasteiger partial charge on any atom is -0.342 e. The molecule has 23 heavy (non-hydrogen) atoms. The molecule has 0 N–H and O–H groups in total. The van der Waals surface area contributed by atoms with Crippen LogP contribution in [-0.2, 0) is 11.2 Å². The third-order valence-electron chi connectivity index (χ3n) is 4.88. The zero-order valence-corrected chi connectivity index (χ0v) is 14.6. The first kappa shape index (κ1) is 16.0. The van der Waals surface area contributed by atoms with Crippen LogP contribution in [0.3, 0.4) is 0 Å². The molecule has 1 aliphatic heterocycles. The number of piperidine rings is 1. The van der Waals surface area contributed by atoms with Crippen molar-refractivity contribution >= 4 is 11.6 Å². The van der Waals surface area contributed by atoms with Crippen molar-refractivity contribution in [1.82, 2.24) is 19.5 Å². The molecule has 0 radical (unpaired) electrons. The highest BCUT2D eigenvalue weighted by Crippen LogP contribution is 2.19. The number of carbonyl (C=O) groups excluding carboxylic acids is 1. The Morgan fingerprint density at radius 1 is 1.35 bits per heavy atom. The number of rotatable bonds is 3. The molecule has 0 saturated carbocycles. The van der Waals surface area contributed by atoms with Crippen molar-refractivity contribution in [2.45, 2.75) is 53.4 Å². The van der Waals surface area contributed by atoms with E-state index >= 15 is 0 Å². The molecule has 2 aromatic rings. The Morgan fingerprint density at radius 3 is 2.87 bits per heavy atom. The maximum atomic E-state index is 12.5. The predicted molar refractivity (Wildman–Crippen MR) is 90.5 cm³/mol. The highest BCUT2D eigenvalue weighted by atomic mass is 16.2. The van der Waals surface area contributed by atoms with Gasteiger partial charge in [0.25, 0.3) is 0 Å². The molecular weight excluding hydrogens is 288 g/mol. The molecule has 3 heterocycles. The Balaban J connectivity index is 1.75. The van der Waals surface area contributed by atoms with Gasteiger partial charge in [-0.2, -0.15) is 5.10 Å². The number of hydrogen-bond donors (Lipinski definition) is 0. The van der Waals surface area contributed by atoms with Crippen LogP contribution in [0.25, 0.3) is 5.65 Å². The number of likely N-dealkylation sites (tertiary alicyclic amines) is 1. The summed E-state index contributed by atoms with van der Waals surface area (Å²) >= 11 is 0. The van der Waals surface area contributed by atoms with Crippen molar-refractivity contribution in [3.63, 3.8) is 0 Å². The van der Waals surface area contributed by atoms with E-state index in [0.717, 1.165) is 54.2 Å². The van der Waals surface area contributed by atoms with Crippen molar-refractivity contribution in [2.75, 3.05) is 13.1 Å². The number of nitrogens with zero attached hydrogens (tertiary/aromatic N) is 4. The normalized spacial score (nSPS) is 18.6. The molecule has 0 bridgehead atoms. The van der Waals surface area contributed by atoms with Gasteiger partial charge in [0.1, 0.15) is 0 Å². The van der Waals surface area contributed by atoms with Crippen molar-refractivity contribution in [3.8, 4) is 0 Å². The summed E-state index contributed by atoms with van der Waals surface area (Å²) in [6, 6.07) is 1.99. The minimum absolute atomic E-state index is 0.270. The van der Waals surface area contributed by atoms with Crippen LogP contribution in [-0.4, -0.2) is 38.5 Å². The Labute approximate surface area is 137 Å².